The van der Waals surface area contributed by atoms with E-state index in [-0.39, 0.29) is 17.7 Å². The first-order chi connectivity index (χ1) is 17.8. The predicted octanol–water partition coefficient (Wildman–Crippen LogP) is 3.24. The van der Waals surface area contributed by atoms with Gasteiger partial charge < -0.3 is 14.9 Å². The molecule has 3 heterocycles. The summed E-state index contributed by atoms with van der Waals surface area (Å²) in [5.41, 5.74) is 2.92. The number of aromatic nitrogens is 2. The second kappa shape index (κ2) is 11.4. The molecule has 1 N–H and O–H groups in total. The molecule has 1 amide bonds. The zero-order chi connectivity index (χ0) is 26.1. The van der Waals surface area contributed by atoms with Crippen LogP contribution in [0.2, 0.25) is 0 Å². The fourth-order valence-corrected chi connectivity index (χ4v) is 6.32. The first kappa shape index (κ1) is 26.5. The number of hydrogen-bond donors (Lipinski definition) is 1. The van der Waals surface area contributed by atoms with Crippen LogP contribution < -0.4 is 4.90 Å². The molecule has 5 rings (SSSR count). The average molecular weight is 572 g/mol. The number of benzene rings is 1. The highest BCUT2D eigenvalue weighted by Crippen LogP contribution is 2.42. The number of rotatable bonds is 6. The molecule has 8 nitrogen and oxygen atoms in total. The van der Waals surface area contributed by atoms with E-state index in [1.807, 2.05) is 17.0 Å². The zero-order valence-electron chi connectivity index (χ0n) is 22.2. The standard InChI is InChI=1S/C28H39BrN6O2/c1-19(2)33-10-8-32(9-11-33)17-23(21-4-6-22(29)7-5-21)28(37)35-14-12-34(13-15-35)27-25-20(3)16-24(36)26(25)30-18-31-27/h4-7,18-20,23-24,36H,8-17H2,1-3H3/t20-,23?,24-/m1/s1. The Labute approximate surface area is 228 Å². The molecule has 2 fully saturated rings. The van der Waals surface area contributed by atoms with Crippen molar-refractivity contribution in [2.75, 3.05) is 63.8 Å². The molecule has 0 bridgehead atoms. The molecule has 1 unspecified atom stereocenters. The molecule has 3 atom stereocenters. The lowest BCUT2D eigenvalue weighted by atomic mass is 9.96. The van der Waals surface area contributed by atoms with Crippen LogP contribution in [0.5, 0.6) is 0 Å². The Hall–Kier alpha value is -2.07. The minimum atomic E-state index is -0.510. The summed E-state index contributed by atoms with van der Waals surface area (Å²) in [5.74, 6) is 1.20. The monoisotopic (exact) mass is 570 g/mol. The van der Waals surface area contributed by atoms with E-state index in [1.165, 1.54) is 0 Å². The third-order valence-electron chi connectivity index (χ3n) is 8.32. The highest BCUT2D eigenvalue weighted by Gasteiger charge is 2.35. The van der Waals surface area contributed by atoms with E-state index < -0.39 is 6.10 Å². The Balaban J connectivity index is 1.28. The number of piperazine rings is 2. The van der Waals surface area contributed by atoms with E-state index >= 15 is 0 Å². The molecule has 1 aliphatic carbocycles. The topological polar surface area (TPSA) is 76.0 Å². The van der Waals surface area contributed by atoms with Crippen LogP contribution in [0.3, 0.4) is 0 Å². The Morgan fingerprint density at radius 3 is 2.35 bits per heavy atom. The van der Waals surface area contributed by atoms with Gasteiger partial charge in [-0.15, -0.1) is 0 Å². The Kier molecular flexibility index (Phi) is 8.14. The number of aliphatic hydroxyl groups is 1. The van der Waals surface area contributed by atoms with Gasteiger partial charge in [-0.2, -0.15) is 0 Å². The molecular formula is C28H39BrN6O2. The zero-order valence-corrected chi connectivity index (χ0v) is 23.8. The maximum atomic E-state index is 14.0. The van der Waals surface area contributed by atoms with Gasteiger partial charge in [-0.25, -0.2) is 9.97 Å². The second-order valence-electron chi connectivity index (χ2n) is 11.0. The number of nitrogens with zero attached hydrogens (tertiary/aromatic N) is 6. The summed E-state index contributed by atoms with van der Waals surface area (Å²) in [6.07, 6.45) is 1.75. The molecule has 3 aliphatic rings. The third kappa shape index (κ3) is 5.70. The number of anilines is 1. The highest BCUT2D eigenvalue weighted by molar-refractivity contribution is 9.10. The quantitative estimate of drug-likeness (QED) is 0.571. The third-order valence-corrected chi connectivity index (χ3v) is 8.85. The Morgan fingerprint density at radius 1 is 1.03 bits per heavy atom. The lowest BCUT2D eigenvalue weighted by Gasteiger charge is -2.40. The number of fused-ring (bicyclic) bond motifs is 1. The average Bonchev–Trinajstić information content (AvgIpc) is 3.21. The molecule has 1 aromatic heterocycles. The van der Waals surface area contributed by atoms with Crippen LogP contribution in [-0.4, -0.2) is 101 Å². The van der Waals surface area contributed by atoms with Crippen LogP contribution in [0, 0.1) is 0 Å². The molecule has 0 radical (unpaired) electrons. The summed E-state index contributed by atoms with van der Waals surface area (Å²) >= 11 is 3.54. The first-order valence-electron chi connectivity index (χ1n) is 13.6. The van der Waals surface area contributed by atoms with Gasteiger partial charge in [0.2, 0.25) is 5.91 Å². The van der Waals surface area contributed by atoms with Crippen LogP contribution >= 0.6 is 15.9 Å². The lowest BCUT2D eigenvalue weighted by Crippen LogP contribution is -2.53. The van der Waals surface area contributed by atoms with Gasteiger partial charge in [0.25, 0.3) is 0 Å². The lowest BCUT2D eigenvalue weighted by molar-refractivity contribution is -0.133. The van der Waals surface area contributed by atoms with Crippen molar-refractivity contribution in [3.63, 3.8) is 0 Å². The molecule has 2 aromatic rings. The summed E-state index contributed by atoms with van der Waals surface area (Å²) in [5, 5.41) is 10.4. The van der Waals surface area contributed by atoms with Crippen LogP contribution in [0.15, 0.2) is 35.1 Å². The maximum absolute atomic E-state index is 14.0. The van der Waals surface area contributed by atoms with Crippen molar-refractivity contribution in [3.8, 4) is 0 Å². The Morgan fingerprint density at radius 2 is 1.70 bits per heavy atom. The molecule has 1 aromatic carbocycles. The number of carbonyl (C=O) groups excluding carboxylic acids is 1. The van der Waals surface area contributed by atoms with Crippen molar-refractivity contribution in [3.05, 3.63) is 51.9 Å². The molecule has 0 saturated carbocycles. The van der Waals surface area contributed by atoms with Crippen molar-refractivity contribution >= 4 is 27.7 Å². The van der Waals surface area contributed by atoms with Gasteiger partial charge in [0, 0.05) is 75.0 Å². The maximum Gasteiger partial charge on any atom is 0.231 e. The molecule has 9 heteroatoms. The fraction of sp³-hybridized carbons (Fsp3) is 0.607. The van der Waals surface area contributed by atoms with E-state index in [4.69, 9.17) is 0 Å². The molecule has 0 spiro atoms. The van der Waals surface area contributed by atoms with Gasteiger partial charge in [-0.1, -0.05) is 35.0 Å². The molecule has 2 saturated heterocycles. The molecular weight excluding hydrogens is 532 g/mol. The normalized spacial score (nSPS) is 23.9. The number of hydrogen-bond acceptors (Lipinski definition) is 7. The van der Waals surface area contributed by atoms with Crippen LogP contribution in [0.25, 0.3) is 0 Å². The summed E-state index contributed by atoms with van der Waals surface area (Å²) in [6, 6.07) is 8.81. The van der Waals surface area contributed by atoms with Crippen molar-refractivity contribution < 1.29 is 9.90 Å². The van der Waals surface area contributed by atoms with Gasteiger partial charge in [-0.3, -0.25) is 14.6 Å². The second-order valence-corrected chi connectivity index (χ2v) is 11.9. The predicted molar refractivity (Wildman–Crippen MR) is 149 cm³/mol. The van der Waals surface area contributed by atoms with Gasteiger partial charge in [0.05, 0.1) is 17.7 Å². The summed E-state index contributed by atoms with van der Waals surface area (Å²) in [6.45, 7) is 14.3. The van der Waals surface area contributed by atoms with Crippen molar-refractivity contribution in [1.29, 1.82) is 0 Å². The van der Waals surface area contributed by atoms with Crippen LogP contribution in [0.1, 0.15) is 62.0 Å². The summed E-state index contributed by atoms with van der Waals surface area (Å²) in [7, 11) is 0. The van der Waals surface area contributed by atoms with Gasteiger partial charge in [0.15, 0.2) is 0 Å². The van der Waals surface area contributed by atoms with E-state index in [0.29, 0.717) is 25.6 Å². The van der Waals surface area contributed by atoms with Gasteiger partial charge in [-0.05, 0) is 43.9 Å². The molecule has 2 aliphatic heterocycles. The SMILES string of the molecule is CC(C)N1CCN(CC(C(=O)N2CCN(c3ncnc4c3[C@H](C)C[C@H]4O)CC2)c2ccc(Br)cc2)CC1. The minimum Gasteiger partial charge on any atom is -0.387 e. The fourth-order valence-electron chi connectivity index (χ4n) is 6.05. The first-order valence-corrected chi connectivity index (χ1v) is 14.4. The van der Waals surface area contributed by atoms with Crippen LogP contribution in [0.4, 0.5) is 5.82 Å². The van der Waals surface area contributed by atoms with Crippen LogP contribution in [-0.2, 0) is 4.79 Å². The minimum absolute atomic E-state index is 0.177. The number of amides is 1. The summed E-state index contributed by atoms with van der Waals surface area (Å²) < 4.78 is 1.03. The van der Waals surface area contributed by atoms with Crippen molar-refractivity contribution in [2.45, 2.75) is 51.2 Å². The van der Waals surface area contributed by atoms with Gasteiger partial charge >= 0.3 is 0 Å². The molecule has 200 valence electrons. The Bertz CT molecular complexity index is 1080. The van der Waals surface area contributed by atoms with E-state index in [9.17, 15) is 9.90 Å². The number of aliphatic hydroxyl groups excluding tert-OH is 1. The highest BCUT2D eigenvalue weighted by atomic mass is 79.9. The largest absolute Gasteiger partial charge is 0.387 e. The van der Waals surface area contributed by atoms with E-state index in [0.717, 1.165) is 72.9 Å². The van der Waals surface area contributed by atoms with Crippen molar-refractivity contribution in [2.24, 2.45) is 0 Å². The van der Waals surface area contributed by atoms with Gasteiger partial charge in [0.1, 0.15) is 12.1 Å². The molecule has 37 heavy (non-hydrogen) atoms. The number of halogens is 1. The smallest absolute Gasteiger partial charge is 0.231 e. The number of carbonyl (C=O) groups is 1. The van der Waals surface area contributed by atoms with E-state index in [2.05, 4.69) is 73.5 Å². The van der Waals surface area contributed by atoms with Crippen molar-refractivity contribution in [1.82, 2.24) is 24.7 Å². The van der Waals surface area contributed by atoms with E-state index in [1.54, 1.807) is 6.33 Å². The summed E-state index contributed by atoms with van der Waals surface area (Å²) in [4.78, 5) is 32.2.